The van der Waals surface area contributed by atoms with E-state index >= 15 is 0 Å². The lowest BCUT2D eigenvalue weighted by atomic mass is 10.1. The summed E-state index contributed by atoms with van der Waals surface area (Å²) in [5.74, 6) is -3.91. The lowest BCUT2D eigenvalue weighted by molar-refractivity contribution is -0.204. The van der Waals surface area contributed by atoms with Gasteiger partial charge in [0.15, 0.2) is 18.2 Å². The molecule has 0 saturated carbocycles. The minimum atomic E-state index is -5.19. The predicted molar refractivity (Wildman–Crippen MR) is 109 cm³/mol. The molecule has 3 rings (SSSR count). The van der Waals surface area contributed by atoms with Crippen molar-refractivity contribution in [3.8, 4) is 17.0 Å². The van der Waals surface area contributed by atoms with Crippen molar-refractivity contribution >= 4 is 11.8 Å². The quantitative estimate of drug-likeness (QED) is 0.324. The lowest BCUT2D eigenvalue weighted by Gasteiger charge is -2.20. The Morgan fingerprint density at radius 2 is 1.69 bits per heavy atom. The number of halogens is 7. The van der Waals surface area contributed by atoms with E-state index < -0.39 is 42.6 Å². The van der Waals surface area contributed by atoms with Crippen molar-refractivity contribution in [1.82, 2.24) is 9.97 Å². The highest BCUT2D eigenvalue weighted by molar-refractivity contribution is 5.76. The molecule has 6 nitrogen and oxygen atoms in total. The third-order valence-electron chi connectivity index (χ3n) is 4.41. The van der Waals surface area contributed by atoms with Crippen LogP contribution in [-0.4, -0.2) is 41.4 Å². The molecule has 0 amide bonds. The highest BCUT2D eigenvalue weighted by atomic mass is 19.4. The van der Waals surface area contributed by atoms with Crippen LogP contribution in [0.4, 0.5) is 36.6 Å². The summed E-state index contributed by atoms with van der Waals surface area (Å²) in [7, 11) is 0. The number of carbonyl (C=O) groups excluding carboxylic acids is 1. The number of alkyl halides is 6. The van der Waals surface area contributed by atoms with E-state index in [1.807, 2.05) is 0 Å². The van der Waals surface area contributed by atoms with Crippen LogP contribution in [0, 0.1) is 5.82 Å². The molecule has 0 fully saturated rings. The number of aromatic nitrogens is 2. The number of esters is 1. The Balaban J connectivity index is 1.74. The van der Waals surface area contributed by atoms with Crippen molar-refractivity contribution in [3.05, 3.63) is 72.3 Å². The first kappa shape index (κ1) is 25.7. The van der Waals surface area contributed by atoms with E-state index in [-0.39, 0.29) is 23.6 Å². The van der Waals surface area contributed by atoms with Gasteiger partial charge in [-0.1, -0.05) is 30.3 Å². The molecule has 0 aliphatic rings. The summed E-state index contributed by atoms with van der Waals surface area (Å²) in [6.07, 6.45) is -10.0. The van der Waals surface area contributed by atoms with E-state index in [0.29, 0.717) is 5.56 Å². The molecule has 186 valence electrons. The van der Waals surface area contributed by atoms with Crippen LogP contribution in [0.3, 0.4) is 0 Å². The predicted octanol–water partition coefficient (Wildman–Crippen LogP) is 5.48. The standard InChI is InChI=1S/C22H16F7N3O3/c23-15-8-14(6-7-17(15)34-11-21(24,25)26)16-9-19(32-12-31-16)30-10-18(13-4-2-1-3-5-13)35-20(33)22(27,28)29/h1-9,12,18H,10-11H2,(H,30,31,32)/t18-/m0/s1. The van der Waals surface area contributed by atoms with Crippen LogP contribution in [0.15, 0.2) is 60.9 Å². The molecular weight excluding hydrogens is 487 g/mol. The topological polar surface area (TPSA) is 73.3 Å². The van der Waals surface area contributed by atoms with Gasteiger partial charge in [-0.2, -0.15) is 26.3 Å². The zero-order valence-electron chi connectivity index (χ0n) is 17.5. The van der Waals surface area contributed by atoms with E-state index in [9.17, 15) is 35.5 Å². The van der Waals surface area contributed by atoms with Crippen molar-refractivity contribution < 1.29 is 45.0 Å². The van der Waals surface area contributed by atoms with Crippen molar-refractivity contribution in [3.63, 3.8) is 0 Å². The molecule has 13 heteroatoms. The average Bonchev–Trinajstić information content (AvgIpc) is 2.80. The van der Waals surface area contributed by atoms with Gasteiger partial charge in [0.2, 0.25) is 0 Å². The fraction of sp³-hybridized carbons (Fsp3) is 0.227. The summed E-state index contributed by atoms with van der Waals surface area (Å²) >= 11 is 0. The lowest BCUT2D eigenvalue weighted by Crippen LogP contribution is -2.29. The molecule has 1 atom stereocenters. The van der Waals surface area contributed by atoms with Crippen LogP contribution >= 0.6 is 0 Å². The fourth-order valence-corrected chi connectivity index (χ4v) is 2.84. The van der Waals surface area contributed by atoms with E-state index in [2.05, 4.69) is 24.8 Å². The van der Waals surface area contributed by atoms with Crippen LogP contribution < -0.4 is 10.1 Å². The highest BCUT2D eigenvalue weighted by Crippen LogP contribution is 2.28. The second-order valence-corrected chi connectivity index (χ2v) is 7.02. The zero-order valence-corrected chi connectivity index (χ0v) is 17.5. The Hall–Kier alpha value is -3.90. The molecule has 1 N–H and O–H groups in total. The summed E-state index contributed by atoms with van der Waals surface area (Å²) in [5, 5.41) is 2.73. The number of rotatable bonds is 8. The molecule has 0 aliphatic carbocycles. The maximum absolute atomic E-state index is 14.2. The fourth-order valence-electron chi connectivity index (χ4n) is 2.84. The van der Waals surface area contributed by atoms with Crippen molar-refractivity contribution in [2.75, 3.05) is 18.5 Å². The Bertz CT molecular complexity index is 1160. The number of hydrogen-bond acceptors (Lipinski definition) is 6. The third-order valence-corrected chi connectivity index (χ3v) is 4.41. The first-order valence-corrected chi connectivity index (χ1v) is 9.80. The monoisotopic (exact) mass is 503 g/mol. The molecule has 35 heavy (non-hydrogen) atoms. The van der Waals surface area contributed by atoms with Gasteiger partial charge < -0.3 is 14.8 Å². The molecule has 0 unspecified atom stereocenters. The number of carbonyl (C=O) groups is 1. The molecule has 0 saturated heterocycles. The van der Waals surface area contributed by atoms with Crippen LogP contribution in [0.1, 0.15) is 11.7 Å². The Labute approximate surface area is 193 Å². The molecule has 3 aromatic rings. The summed E-state index contributed by atoms with van der Waals surface area (Å²) in [6.45, 7) is -1.95. The van der Waals surface area contributed by atoms with Crippen LogP contribution in [0.25, 0.3) is 11.3 Å². The highest BCUT2D eigenvalue weighted by Gasteiger charge is 2.42. The van der Waals surface area contributed by atoms with Gasteiger partial charge in [0, 0.05) is 11.6 Å². The van der Waals surface area contributed by atoms with E-state index in [4.69, 9.17) is 0 Å². The third kappa shape index (κ3) is 7.55. The maximum atomic E-state index is 14.2. The summed E-state index contributed by atoms with van der Waals surface area (Å²) in [5.41, 5.74) is 0.631. The van der Waals surface area contributed by atoms with E-state index in [1.165, 1.54) is 24.3 Å². The Kier molecular flexibility index (Phi) is 7.77. The number of nitrogens with zero attached hydrogens (tertiary/aromatic N) is 2. The second kappa shape index (κ2) is 10.6. The first-order chi connectivity index (χ1) is 16.4. The minimum absolute atomic E-state index is 0.108. The van der Waals surface area contributed by atoms with Gasteiger partial charge in [-0.05, 0) is 23.8 Å². The normalized spacial score (nSPS) is 12.7. The molecule has 0 radical (unpaired) electrons. The van der Waals surface area contributed by atoms with Gasteiger partial charge in [0.1, 0.15) is 18.2 Å². The van der Waals surface area contributed by atoms with Crippen LogP contribution in [0.5, 0.6) is 5.75 Å². The maximum Gasteiger partial charge on any atom is 0.490 e. The minimum Gasteiger partial charge on any atom is -0.481 e. The van der Waals surface area contributed by atoms with E-state index in [1.54, 1.807) is 18.2 Å². The van der Waals surface area contributed by atoms with Crippen molar-refractivity contribution in [2.24, 2.45) is 0 Å². The Morgan fingerprint density at radius 3 is 2.31 bits per heavy atom. The molecule has 0 bridgehead atoms. The molecule has 1 aromatic heterocycles. The van der Waals surface area contributed by atoms with Gasteiger partial charge in [-0.25, -0.2) is 19.2 Å². The average molecular weight is 503 g/mol. The first-order valence-electron chi connectivity index (χ1n) is 9.80. The number of nitrogens with one attached hydrogen (secondary N) is 1. The SMILES string of the molecule is O=C(O[C@@H](CNc1cc(-c2ccc(OCC(F)(F)F)c(F)c2)ncn1)c1ccccc1)C(F)(F)F. The molecule has 1 heterocycles. The van der Waals surface area contributed by atoms with Gasteiger partial charge in [0.25, 0.3) is 0 Å². The second-order valence-electron chi connectivity index (χ2n) is 7.02. The van der Waals surface area contributed by atoms with Gasteiger partial charge >= 0.3 is 18.3 Å². The number of hydrogen-bond donors (Lipinski definition) is 1. The van der Waals surface area contributed by atoms with Gasteiger partial charge in [0.05, 0.1) is 12.2 Å². The molecule has 0 spiro atoms. The van der Waals surface area contributed by atoms with E-state index in [0.717, 1.165) is 18.5 Å². The van der Waals surface area contributed by atoms with Gasteiger partial charge in [-0.3, -0.25) is 0 Å². The smallest absolute Gasteiger partial charge is 0.481 e. The van der Waals surface area contributed by atoms with Crippen molar-refractivity contribution in [2.45, 2.75) is 18.5 Å². The summed E-state index contributed by atoms with van der Waals surface area (Å²) in [6, 6.07) is 12.2. The molecule has 0 aliphatic heterocycles. The summed E-state index contributed by atoms with van der Waals surface area (Å²) < 4.78 is 98.1. The molecule has 2 aromatic carbocycles. The van der Waals surface area contributed by atoms with Crippen molar-refractivity contribution in [1.29, 1.82) is 0 Å². The summed E-state index contributed by atoms with van der Waals surface area (Å²) in [4.78, 5) is 19.2. The largest absolute Gasteiger partial charge is 0.490 e. The van der Waals surface area contributed by atoms with Crippen LogP contribution in [-0.2, 0) is 9.53 Å². The van der Waals surface area contributed by atoms with Gasteiger partial charge in [-0.15, -0.1) is 0 Å². The molecular formula is C22H16F7N3O3. The Morgan fingerprint density at radius 1 is 0.971 bits per heavy atom. The zero-order chi connectivity index (χ0) is 25.6. The number of anilines is 1. The number of ether oxygens (including phenoxy) is 2. The van der Waals surface area contributed by atoms with Crippen LogP contribution in [0.2, 0.25) is 0 Å². The number of benzene rings is 2.